The highest BCUT2D eigenvalue weighted by Gasteiger charge is 2.44. The summed E-state index contributed by atoms with van der Waals surface area (Å²) in [5, 5.41) is 2.27. The van der Waals surface area contributed by atoms with Crippen LogP contribution in [0.4, 0.5) is 17.1 Å². The maximum absolute atomic E-state index is 6.92. The predicted octanol–water partition coefficient (Wildman–Crippen LogP) is 17.3. The van der Waals surface area contributed by atoms with Gasteiger partial charge < -0.3 is 9.32 Å². The average Bonchev–Trinajstić information content (AvgIpc) is 3.97. The summed E-state index contributed by atoms with van der Waals surface area (Å²) in [5.41, 5.74) is 25.3. The highest BCUT2D eigenvalue weighted by molar-refractivity contribution is 6.12. The Kier molecular flexibility index (Phi) is 7.80. The van der Waals surface area contributed by atoms with Crippen LogP contribution in [0.15, 0.2) is 192 Å². The van der Waals surface area contributed by atoms with Crippen molar-refractivity contribution in [3.63, 3.8) is 0 Å². The van der Waals surface area contributed by atoms with Crippen molar-refractivity contribution in [2.45, 2.75) is 57.8 Å². The van der Waals surface area contributed by atoms with Crippen molar-refractivity contribution in [2.24, 2.45) is 0 Å². The summed E-state index contributed by atoms with van der Waals surface area (Å²) in [6.45, 7) is 14.4. The number of fused-ring (bicyclic) bond motifs is 12. The molecule has 0 aliphatic heterocycles. The number of furan rings is 1. The minimum Gasteiger partial charge on any atom is -0.455 e. The number of benzene rings is 9. The Hall–Kier alpha value is -7.42. The van der Waals surface area contributed by atoms with Gasteiger partial charge in [0.2, 0.25) is 0 Å². The summed E-state index contributed by atoms with van der Waals surface area (Å²) in [5.74, 6) is 0. The number of anilines is 3. The molecule has 9 aromatic carbocycles. The Labute approximate surface area is 381 Å². The second kappa shape index (κ2) is 13.3. The van der Waals surface area contributed by atoms with E-state index in [0.29, 0.717) is 0 Å². The Balaban J connectivity index is 1.13. The molecule has 3 aliphatic carbocycles. The van der Waals surface area contributed by atoms with Gasteiger partial charge in [-0.2, -0.15) is 0 Å². The molecule has 2 heteroatoms. The molecule has 65 heavy (non-hydrogen) atoms. The van der Waals surface area contributed by atoms with Gasteiger partial charge in [-0.25, -0.2) is 0 Å². The first-order valence-electron chi connectivity index (χ1n) is 23.1. The minimum atomic E-state index is -0.319. The summed E-state index contributed by atoms with van der Waals surface area (Å²) in [4.78, 5) is 2.53. The Morgan fingerprint density at radius 3 is 1.65 bits per heavy atom. The van der Waals surface area contributed by atoms with Crippen LogP contribution in [0, 0.1) is 0 Å². The molecular weight excluding hydrogens is 787 g/mol. The number of para-hydroxylation sites is 3. The lowest BCUT2D eigenvalue weighted by atomic mass is 9.79. The van der Waals surface area contributed by atoms with Crippen molar-refractivity contribution >= 4 is 39.0 Å². The van der Waals surface area contributed by atoms with Crippen LogP contribution in [0.3, 0.4) is 0 Å². The standard InChI is InChI=1S/C63H49NO/c1-61(2)51-27-14-10-22-42(51)44-32-31-39(34-53(44)61)64(57-29-16-12-21-41(57)38-19-8-7-9-20-38)40-33-49(47-26-18-25-46-45-24-13-17-30-58(45)65-60(46)47)59-50-37-54-48(36-55(50)63(5,6)56(59)35-40)43-23-11-15-28-52(43)62(54,3)4/h7-37H,1-6H3. The molecule has 0 bridgehead atoms. The molecule has 2 nitrogen and oxygen atoms in total. The van der Waals surface area contributed by atoms with Crippen molar-refractivity contribution in [2.75, 3.05) is 4.90 Å². The number of rotatable bonds is 5. The van der Waals surface area contributed by atoms with Crippen LogP contribution < -0.4 is 4.90 Å². The lowest BCUT2D eigenvalue weighted by Gasteiger charge is -2.32. The molecule has 1 aromatic heterocycles. The van der Waals surface area contributed by atoms with Crippen LogP contribution in [0.25, 0.3) is 77.6 Å². The highest BCUT2D eigenvalue weighted by atomic mass is 16.3. The molecule has 0 spiro atoms. The van der Waals surface area contributed by atoms with Gasteiger partial charge in [0.25, 0.3) is 0 Å². The maximum atomic E-state index is 6.92. The second-order valence-corrected chi connectivity index (χ2v) is 20.1. The minimum absolute atomic E-state index is 0.133. The maximum Gasteiger partial charge on any atom is 0.143 e. The first-order valence-corrected chi connectivity index (χ1v) is 23.1. The van der Waals surface area contributed by atoms with E-state index in [1.54, 1.807) is 0 Å². The van der Waals surface area contributed by atoms with E-state index in [1.807, 2.05) is 0 Å². The van der Waals surface area contributed by atoms with E-state index < -0.39 is 0 Å². The largest absolute Gasteiger partial charge is 0.455 e. The molecule has 0 saturated carbocycles. The quantitative estimate of drug-likeness (QED) is 0.172. The molecule has 3 aliphatic rings. The third kappa shape index (κ3) is 5.23. The van der Waals surface area contributed by atoms with E-state index in [9.17, 15) is 0 Å². The zero-order chi connectivity index (χ0) is 44.0. The summed E-state index contributed by atoms with van der Waals surface area (Å²) in [6.07, 6.45) is 0. The van der Waals surface area contributed by atoms with Gasteiger partial charge >= 0.3 is 0 Å². The van der Waals surface area contributed by atoms with Crippen molar-refractivity contribution in [3.05, 3.63) is 221 Å². The number of hydrogen-bond acceptors (Lipinski definition) is 2. The third-order valence-electron chi connectivity index (χ3n) is 15.5. The summed E-state index contributed by atoms with van der Waals surface area (Å²) < 4.78 is 6.92. The van der Waals surface area contributed by atoms with Crippen LogP contribution in [0.2, 0.25) is 0 Å². The predicted molar refractivity (Wildman–Crippen MR) is 272 cm³/mol. The zero-order valence-electron chi connectivity index (χ0n) is 37.8. The molecule has 10 aromatic rings. The third-order valence-corrected chi connectivity index (χ3v) is 15.5. The van der Waals surface area contributed by atoms with Gasteiger partial charge in [0, 0.05) is 49.5 Å². The van der Waals surface area contributed by atoms with Gasteiger partial charge in [0.1, 0.15) is 11.2 Å². The molecule has 0 fully saturated rings. The summed E-state index contributed by atoms with van der Waals surface area (Å²) in [7, 11) is 0. The number of hydrogen-bond donors (Lipinski definition) is 0. The van der Waals surface area contributed by atoms with E-state index in [-0.39, 0.29) is 16.2 Å². The van der Waals surface area contributed by atoms with Crippen LogP contribution in [-0.4, -0.2) is 0 Å². The zero-order valence-corrected chi connectivity index (χ0v) is 37.8. The molecule has 1 heterocycles. The normalized spacial score (nSPS) is 15.3. The van der Waals surface area contributed by atoms with E-state index >= 15 is 0 Å². The van der Waals surface area contributed by atoms with E-state index in [4.69, 9.17) is 4.42 Å². The Morgan fingerprint density at radius 2 is 0.877 bits per heavy atom. The molecule has 312 valence electrons. The Bertz CT molecular complexity index is 3640. The molecule has 0 unspecified atom stereocenters. The first kappa shape index (κ1) is 38.1. The molecule has 13 rings (SSSR count). The van der Waals surface area contributed by atoms with Gasteiger partial charge in [-0.1, -0.05) is 181 Å². The van der Waals surface area contributed by atoms with Gasteiger partial charge in [0.05, 0.1) is 5.69 Å². The van der Waals surface area contributed by atoms with Crippen molar-refractivity contribution in [3.8, 4) is 55.6 Å². The van der Waals surface area contributed by atoms with Crippen LogP contribution >= 0.6 is 0 Å². The lowest BCUT2D eigenvalue weighted by molar-refractivity contribution is 0.652. The van der Waals surface area contributed by atoms with Gasteiger partial charge in [-0.15, -0.1) is 0 Å². The molecule has 0 N–H and O–H groups in total. The average molecular weight is 836 g/mol. The first-order chi connectivity index (χ1) is 31.5. The van der Waals surface area contributed by atoms with Crippen LogP contribution in [0.1, 0.15) is 74.9 Å². The van der Waals surface area contributed by atoms with Crippen LogP contribution in [0.5, 0.6) is 0 Å². The topological polar surface area (TPSA) is 16.4 Å². The molecule has 0 amide bonds. The van der Waals surface area contributed by atoms with E-state index in [1.165, 1.54) is 83.5 Å². The summed E-state index contributed by atoms with van der Waals surface area (Å²) >= 11 is 0. The molecule has 0 atom stereocenters. The van der Waals surface area contributed by atoms with Gasteiger partial charge in [-0.05, 0) is 126 Å². The number of nitrogens with zero attached hydrogens (tertiary/aromatic N) is 1. The van der Waals surface area contributed by atoms with E-state index in [0.717, 1.165) is 44.6 Å². The molecule has 0 saturated heterocycles. The Morgan fingerprint density at radius 1 is 0.338 bits per heavy atom. The highest BCUT2D eigenvalue weighted by Crippen LogP contribution is 2.60. The monoisotopic (exact) mass is 835 g/mol. The summed E-state index contributed by atoms with van der Waals surface area (Å²) in [6, 6.07) is 70.1. The van der Waals surface area contributed by atoms with Crippen molar-refractivity contribution in [1.29, 1.82) is 0 Å². The molecule has 0 radical (unpaired) electrons. The van der Waals surface area contributed by atoms with Crippen molar-refractivity contribution in [1.82, 2.24) is 0 Å². The van der Waals surface area contributed by atoms with Crippen LogP contribution in [-0.2, 0) is 16.2 Å². The SMILES string of the molecule is CC1(C)c2ccccc2-c2ccc(N(c3cc(-c4cccc5c4oc4ccccc45)c4c(c3)C(C)(C)c3cc5c(cc3-4)C(C)(C)c3ccccc3-5)c3ccccc3-c3ccccc3)cc21. The fourth-order valence-electron chi connectivity index (χ4n) is 12.1. The van der Waals surface area contributed by atoms with Gasteiger partial charge in [-0.3, -0.25) is 0 Å². The van der Waals surface area contributed by atoms with E-state index in [2.05, 4.69) is 234 Å². The lowest BCUT2D eigenvalue weighted by Crippen LogP contribution is -2.18. The van der Waals surface area contributed by atoms with Crippen molar-refractivity contribution < 1.29 is 4.42 Å². The second-order valence-electron chi connectivity index (χ2n) is 20.1. The molecular formula is C63H49NO. The fraction of sp³-hybridized carbons (Fsp3) is 0.143. The fourth-order valence-corrected chi connectivity index (χ4v) is 12.1. The van der Waals surface area contributed by atoms with Gasteiger partial charge in [0.15, 0.2) is 0 Å². The smallest absolute Gasteiger partial charge is 0.143 e.